The van der Waals surface area contributed by atoms with Crippen LogP contribution in [0.3, 0.4) is 0 Å². The predicted octanol–water partition coefficient (Wildman–Crippen LogP) is 3.23. The maximum atomic E-state index is 11.9. The second kappa shape index (κ2) is 8.38. The summed E-state index contributed by atoms with van der Waals surface area (Å²) in [5.41, 5.74) is 7.42. The molecular formula is C21H34N4O2. The lowest BCUT2D eigenvalue weighted by atomic mass is 9.90. The van der Waals surface area contributed by atoms with Crippen molar-refractivity contribution in [3.8, 4) is 0 Å². The van der Waals surface area contributed by atoms with Crippen molar-refractivity contribution >= 4 is 17.5 Å². The number of rotatable bonds is 3. The van der Waals surface area contributed by atoms with Crippen LogP contribution < -0.4 is 16.0 Å². The average Bonchev–Trinajstić information content (AvgIpc) is 2.62. The Bertz CT molecular complexity index is 610. The highest BCUT2D eigenvalue weighted by molar-refractivity contribution is 5.68. The lowest BCUT2D eigenvalue weighted by Gasteiger charge is -2.42. The largest absolute Gasteiger partial charge is 0.444 e. The van der Waals surface area contributed by atoms with Crippen LogP contribution >= 0.6 is 0 Å². The molecule has 1 aromatic rings. The fourth-order valence-electron chi connectivity index (χ4n) is 4.09. The first-order valence-electron chi connectivity index (χ1n) is 10.1. The summed E-state index contributed by atoms with van der Waals surface area (Å²) in [4.78, 5) is 17.0. The SMILES string of the molecule is CC(C)(C)OC(=O)NC1CCC(N2CCN(c3ccc(N)cc3)CC2)CC1. The number of nitrogens with zero attached hydrogens (tertiary/aromatic N) is 2. The van der Waals surface area contributed by atoms with Crippen LogP contribution in [0.15, 0.2) is 24.3 Å². The third-order valence-corrected chi connectivity index (χ3v) is 5.51. The van der Waals surface area contributed by atoms with Crippen molar-refractivity contribution < 1.29 is 9.53 Å². The van der Waals surface area contributed by atoms with Gasteiger partial charge in [0, 0.05) is 49.6 Å². The Morgan fingerprint density at radius 3 is 2.19 bits per heavy atom. The Hall–Kier alpha value is -1.95. The standard InChI is InChI=1S/C21H34N4O2/c1-21(2,3)27-20(26)23-17-6-10-19(11-7-17)25-14-12-24(13-15-25)18-8-4-16(22)5-9-18/h4-5,8-9,17,19H,6-7,10-15,22H2,1-3H3,(H,23,26). The predicted molar refractivity (Wildman–Crippen MR) is 110 cm³/mol. The minimum absolute atomic E-state index is 0.243. The van der Waals surface area contributed by atoms with Crippen molar-refractivity contribution in [1.82, 2.24) is 10.2 Å². The van der Waals surface area contributed by atoms with Crippen LogP contribution in [0.1, 0.15) is 46.5 Å². The van der Waals surface area contributed by atoms with E-state index in [0.29, 0.717) is 6.04 Å². The van der Waals surface area contributed by atoms with Gasteiger partial charge in [0.25, 0.3) is 0 Å². The maximum absolute atomic E-state index is 11.9. The van der Waals surface area contributed by atoms with E-state index in [1.807, 2.05) is 32.9 Å². The van der Waals surface area contributed by atoms with Gasteiger partial charge in [0.2, 0.25) is 0 Å². The zero-order chi connectivity index (χ0) is 19.4. The summed E-state index contributed by atoms with van der Waals surface area (Å²) in [6, 6.07) is 9.04. The van der Waals surface area contributed by atoms with Crippen LogP contribution in [-0.4, -0.2) is 54.9 Å². The van der Waals surface area contributed by atoms with Gasteiger partial charge < -0.3 is 20.7 Å². The van der Waals surface area contributed by atoms with Crippen LogP contribution in [0.4, 0.5) is 16.2 Å². The van der Waals surface area contributed by atoms with Gasteiger partial charge in [0.05, 0.1) is 0 Å². The van der Waals surface area contributed by atoms with E-state index in [4.69, 9.17) is 10.5 Å². The van der Waals surface area contributed by atoms with E-state index in [-0.39, 0.29) is 12.1 Å². The van der Waals surface area contributed by atoms with Crippen molar-refractivity contribution in [3.63, 3.8) is 0 Å². The lowest BCUT2D eigenvalue weighted by Crippen LogP contribution is -2.52. The molecule has 6 nitrogen and oxygen atoms in total. The maximum Gasteiger partial charge on any atom is 0.407 e. The fourth-order valence-corrected chi connectivity index (χ4v) is 4.09. The van der Waals surface area contributed by atoms with E-state index < -0.39 is 5.60 Å². The van der Waals surface area contributed by atoms with Gasteiger partial charge in [0.1, 0.15) is 5.60 Å². The van der Waals surface area contributed by atoms with Gasteiger partial charge in [-0.05, 0) is 70.7 Å². The van der Waals surface area contributed by atoms with Gasteiger partial charge in [-0.15, -0.1) is 0 Å². The zero-order valence-corrected chi connectivity index (χ0v) is 16.9. The molecule has 0 unspecified atom stereocenters. The Kier molecular flexibility index (Phi) is 6.15. The number of piperazine rings is 1. The van der Waals surface area contributed by atoms with E-state index in [9.17, 15) is 4.79 Å². The summed E-state index contributed by atoms with van der Waals surface area (Å²) in [6.45, 7) is 9.99. The Morgan fingerprint density at radius 1 is 1.04 bits per heavy atom. The molecule has 150 valence electrons. The third kappa shape index (κ3) is 5.76. The highest BCUT2D eigenvalue weighted by Gasteiger charge is 2.29. The molecule has 3 rings (SSSR count). The molecule has 1 saturated carbocycles. The molecule has 0 atom stereocenters. The van der Waals surface area contributed by atoms with Crippen molar-refractivity contribution in [3.05, 3.63) is 24.3 Å². The molecule has 1 amide bonds. The van der Waals surface area contributed by atoms with Gasteiger partial charge in [0.15, 0.2) is 0 Å². The second-order valence-corrected chi connectivity index (χ2v) is 8.77. The first kappa shape index (κ1) is 19.8. The monoisotopic (exact) mass is 374 g/mol. The van der Waals surface area contributed by atoms with Gasteiger partial charge in [-0.1, -0.05) is 0 Å². The smallest absolute Gasteiger partial charge is 0.407 e. The normalized spacial score (nSPS) is 24.5. The molecule has 1 aliphatic carbocycles. The van der Waals surface area contributed by atoms with E-state index in [1.54, 1.807) is 0 Å². The zero-order valence-electron chi connectivity index (χ0n) is 16.9. The molecule has 6 heteroatoms. The summed E-state index contributed by atoms with van der Waals surface area (Å²) in [5.74, 6) is 0. The van der Waals surface area contributed by atoms with E-state index in [2.05, 4.69) is 27.2 Å². The molecule has 2 fully saturated rings. The van der Waals surface area contributed by atoms with E-state index in [1.165, 1.54) is 5.69 Å². The first-order valence-corrected chi connectivity index (χ1v) is 10.1. The van der Waals surface area contributed by atoms with Crippen LogP contribution in [0, 0.1) is 0 Å². The van der Waals surface area contributed by atoms with Crippen LogP contribution in [0.25, 0.3) is 0 Å². The number of carbonyl (C=O) groups excluding carboxylic acids is 1. The molecule has 1 heterocycles. The number of nitrogen functional groups attached to an aromatic ring is 1. The number of alkyl carbamates (subject to hydrolysis) is 1. The van der Waals surface area contributed by atoms with Crippen LogP contribution in [-0.2, 0) is 4.74 Å². The number of nitrogens with one attached hydrogen (secondary N) is 1. The number of carbonyl (C=O) groups is 1. The number of amides is 1. The molecule has 0 bridgehead atoms. The number of benzene rings is 1. The molecular weight excluding hydrogens is 340 g/mol. The van der Waals surface area contributed by atoms with E-state index >= 15 is 0 Å². The quantitative estimate of drug-likeness (QED) is 0.795. The molecule has 1 aromatic carbocycles. The van der Waals surface area contributed by atoms with Crippen molar-refractivity contribution in [2.75, 3.05) is 36.8 Å². The molecule has 1 aliphatic heterocycles. The van der Waals surface area contributed by atoms with Crippen molar-refractivity contribution in [1.29, 1.82) is 0 Å². The van der Waals surface area contributed by atoms with Gasteiger partial charge in [-0.3, -0.25) is 4.90 Å². The summed E-state index contributed by atoms with van der Waals surface area (Å²) >= 11 is 0. The topological polar surface area (TPSA) is 70.8 Å². The molecule has 27 heavy (non-hydrogen) atoms. The Morgan fingerprint density at radius 2 is 1.63 bits per heavy atom. The summed E-state index contributed by atoms with van der Waals surface area (Å²) in [6.07, 6.45) is 4.05. The summed E-state index contributed by atoms with van der Waals surface area (Å²) in [5, 5.41) is 3.03. The third-order valence-electron chi connectivity index (χ3n) is 5.51. The minimum Gasteiger partial charge on any atom is -0.444 e. The molecule has 3 N–H and O–H groups in total. The average molecular weight is 375 g/mol. The highest BCUT2D eigenvalue weighted by Crippen LogP contribution is 2.26. The Labute approximate surface area is 163 Å². The molecule has 0 spiro atoms. The van der Waals surface area contributed by atoms with Gasteiger partial charge >= 0.3 is 6.09 Å². The van der Waals surface area contributed by atoms with E-state index in [0.717, 1.165) is 57.5 Å². The van der Waals surface area contributed by atoms with Gasteiger partial charge in [-0.25, -0.2) is 4.79 Å². The second-order valence-electron chi connectivity index (χ2n) is 8.77. The summed E-state index contributed by atoms with van der Waals surface area (Å²) < 4.78 is 5.37. The first-order chi connectivity index (χ1) is 12.8. The highest BCUT2D eigenvalue weighted by atomic mass is 16.6. The molecule has 2 aliphatic rings. The number of nitrogens with two attached hydrogens (primary N) is 1. The van der Waals surface area contributed by atoms with Gasteiger partial charge in [-0.2, -0.15) is 0 Å². The van der Waals surface area contributed by atoms with Crippen LogP contribution in [0.5, 0.6) is 0 Å². The Balaban J connectivity index is 1.40. The van der Waals surface area contributed by atoms with Crippen LogP contribution in [0.2, 0.25) is 0 Å². The minimum atomic E-state index is -0.439. The van der Waals surface area contributed by atoms with Crippen molar-refractivity contribution in [2.45, 2.75) is 64.1 Å². The molecule has 0 aromatic heterocycles. The number of hydrogen-bond donors (Lipinski definition) is 2. The molecule has 1 saturated heterocycles. The summed E-state index contributed by atoms with van der Waals surface area (Å²) in [7, 11) is 0. The number of anilines is 2. The molecule has 0 radical (unpaired) electrons. The lowest BCUT2D eigenvalue weighted by molar-refractivity contribution is 0.0475. The number of ether oxygens (including phenoxy) is 1. The fraction of sp³-hybridized carbons (Fsp3) is 0.667. The number of hydrogen-bond acceptors (Lipinski definition) is 5. The van der Waals surface area contributed by atoms with Crippen molar-refractivity contribution in [2.24, 2.45) is 0 Å².